The molecule has 0 N–H and O–H groups in total. The molecule has 0 bridgehead atoms. The second-order valence-corrected chi connectivity index (χ2v) is 7.71. The minimum absolute atomic E-state index is 1.16. The van der Waals surface area contributed by atoms with Gasteiger partial charge in [-0.15, -0.1) is 11.3 Å². The van der Waals surface area contributed by atoms with Crippen molar-refractivity contribution in [2.24, 2.45) is 0 Å². The van der Waals surface area contributed by atoms with Gasteiger partial charge in [0, 0.05) is 23.5 Å². The molecule has 0 spiro atoms. The molecule has 2 aromatic rings. The van der Waals surface area contributed by atoms with Crippen molar-refractivity contribution in [3.05, 3.63) is 46.8 Å². The van der Waals surface area contributed by atoms with Gasteiger partial charge in [0.25, 0.3) is 0 Å². The standard InChI is InChI=1S/C17H17NS2/c1-18-9-6-12-13(7-10-18)15-8-11-19-17(15)20-16-5-3-2-4-14(12)16/h2-5,8,11H,6-7,9-10H2,1H3. The fourth-order valence-corrected chi connectivity index (χ4v) is 5.34. The van der Waals surface area contributed by atoms with Gasteiger partial charge in [-0.05, 0) is 54.1 Å². The maximum atomic E-state index is 2.45. The topological polar surface area (TPSA) is 3.24 Å². The van der Waals surface area contributed by atoms with Gasteiger partial charge in [0.2, 0.25) is 0 Å². The van der Waals surface area contributed by atoms with Crippen molar-refractivity contribution in [2.75, 3.05) is 20.1 Å². The third kappa shape index (κ3) is 2.05. The Hall–Kier alpha value is -1.03. The van der Waals surface area contributed by atoms with E-state index >= 15 is 0 Å². The molecule has 1 aromatic carbocycles. The summed E-state index contributed by atoms with van der Waals surface area (Å²) in [5.74, 6) is 0. The van der Waals surface area contributed by atoms with E-state index < -0.39 is 0 Å². The number of benzene rings is 1. The molecular formula is C17H17NS2. The van der Waals surface area contributed by atoms with E-state index in [9.17, 15) is 0 Å². The van der Waals surface area contributed by atoms with Crippen molar-refractivity contribution in [3.8, 4) is 0 Å². The van der Waals surface area contributed by atoms with Crippen LogP contribution in [-0.4, -0.2) is 25.0 Å². The van der Waals surface area contributed by atoms with Gasteiger partial charge in [-0.3, -0.25) is 0 Å². The summed E-state index contributed by atoms with van der Waals surface area (Å²) in [7, 11) is 2.24. The SMILES string of the molecule is CN1CCC2=C(CC1)c1ccsc1Sc1ccccc12. The second kappa shape index (κ2) is 5.06. The fourth-order valence-electron chi connectivity index (χ4n) is 3.12. The molecule has 1 nitrogen and oxygen atoms in total. The van der Waals surface area contributed by atoms with Crippen LogP contribution in [0.3, 0.4) is 0 Å². The first-order valence-electron chi connectivity index (χ1n) is 7.08. The van der Waals surface area contributed by atoms with Crippen LogP contribution in [0.5, 0.6) is 0 Å². The van der Waals surface area contributed by atoms with E-state index in [1.165, 1.54) is 39.6 Å². The highest BCUT2D eigenvalue weighted by molar-refractivity contribution is 8.01. The van der Waals surface area contributed by atoms with Crippen LogP contribution in [0, 0.1) is 0 Å². The van der Waals surface area contributed by atoms with Gasteiger partial charge >= 0.3 is 0 Å². The number of nitrogens with zero attached hydrogens (tertiary/aromatic N) is 1. The summed E-state index contributed by atoms with van der Waals surface area (Å²) in [4.78, 5) is 3.88. The molecule has 2 aliphatic rings. The Morgan fingerprint density at radius 3 is 2.55 bits per heavy atom. The van der Waals surface area contributed by atoms with Crippen LogP contribution < -0.4 is 0 Å². The van der Waals surface area contributed by atoms with Crippen LogP contribution in [0.4, 0.5) is 0 Å². The minimum Gasteiger partial charge on any atom is -0.306 e. The molecule has 2 aliphatic heterocycles. The summed E-state index contributed by atoms with van der Waals surface area (Å²) < 4.78 is 1.46. The number of hydrogen-bond donors (Lipinski definition) is 0. The highest BCUT2D eigenvalue weighted by atomic mass is 32.2. The molecule has 0 unspecified atom stereocenters. The summed E-state index contributed by atoms with van der Waals surface area (Å²) in [6, 6.07) is 11.2. The third-order valence-electron chi connectivity index (χ3n) is 4.22. The van der Waals surface area contributed by atoms with E-state index in [1.807, 2.05) is 23.1 Å². The number of rotatable bonds is 0. The average Bonchev–Trinajstić information content (AvgIpc) is 2.76. The van der Waals surface area contributed by atoms with Gasteiger partial charge in [-0.2, -0.15) is 0 Å². The normalized spacial score (nSPS) is 18.9. The van der Waals surface area contributed by atoms with Crippen molar-refractivity contribution < 1.29 is 0 Å². The molecule has 0 atom stereocenters. The summed E-state index contributed by atoms with van der Waals surface area (Å²) in [6.07, 6.45) is 2.34. The van der Waals surface area contributed by atoms with Gasteiger partial charge in [0.15, 0.2) is 0 Å². The molecule has 3 heteroatoms. The molecule has 0 aliphatic carbocycles. The molecule has 0 amide bonds. The predicted molar refractivity (Wildman–Crippen MR) is 88.4 cm³/mol. The Balaban J connectivity index is 1.96. The Morgan fingerprint density at radius 2 is 1.70 bits per heavy atom. The van der Waals surface area contributed by atoms with Crippen LogP contribution in [0.15, 0.2) is 44.8 Å². The highest BCUT2D eigenvalue weighted by Crippen LogP contribution is 2.48. The lowest BCUT2D eigenvalue weighted by Gasteiger charge is -2.13. The van der Waals surface area contributed by atoms with E-state index in [2.05, 4.69) is 47.7 Å². The quantitative estimate of drug-likeness (QED) is 0.684. The average molecular weight is 299 g/mol. The first kappa shape index (κ1) is 12.7. The van der Waals surface area contributed by atoms with Crippen molar-refractivity contribution in [1.82, 2.24) is 4.90 Å². The molecule has 20 heavy (non-hydrogen) atoms. The Labute approximate surface area is 128 Å². The molecule has 0 radical (unpaired) electrons. The molecule has 4 rings (SSSR count). The zero-order chi connectivity index (χ0) is 13.5. The molecule has 0 saturated carbocycles. The molecule has 102 valence electrons. The molecule has 0 saturated heterocycles. The maximum Gasteiger partial charge on any atom is 0.0721 e. The second-order valence-electron chi connectivity index (χ2n) is 5.48. The summed E-state index contributed by atoms with van der Waals surface area (Å²) in [5.41, 5.74) is 6.12. The van der Waals surface area contributed by atoms with E-state index in [1.54, 1.807) is 11.1 Å². The van der Waals surface area contributed by atoms with Gasteiger partial charge in [-0.25, -0.2) is 0 Å². The van der Waals surface area contributed by atoms with Crippen LogP contribution >= 0.6 is 23.1 Å². The van der Waals surface area contributed by atoms with Gasteiger partial charge in [0.1, 0.15) is 0 Å². The molecule has 1 aromatic heterocycles. The van der Waals surface area contributed by atoms with Crippen LogP contribution in [-0.2, 0) is 0 Å². The van der Waals surface area contributed by atoms with Crippen molar-refractivity contribution in [2.45, 2.75) is 21.9 Å². The third-order valence-corrected chi connectivity index (χ3v) is 6.45. The predicted octanol–water partition coefficient (Wildman–Crippen LogP) is 4.85. The fraction of sp³-hybridized carbons (Fsp3) is 0.294. The maximum absolute atomic E-state index is 2.45. The van der Waals surface area contributed by atoms with Crippen LogP contribution in [0.1, 0.15) is 24.0 Å². The first-order chi connectivity index (χ1) is 9.83. The Bertz CT molecular complexity index is 684. The van der Waals surface area contributed by atoms with E-state index in [4.69, 9.17) is 0 Å². The van der Waals surface area contributed by atoms with Gasteiger partial charge < -0.3 is 4.90 Å². The van der Waals surface area contributed by atoms with E-state index in [0.717, 1.165) is 6.54 Å². The lowest BCUT2D eigenvalue weighted by atomic mass is 9.93. The lowest BCUT2D eigenvalue weighted by molar-refractivity contribution is 0.356. The molecular weight excluding hydrogens is 282 g/mol. The number of fused-ring (bicyclic) bond motifs is 4. The number of hydrogen-bond acceptors (Lipinski definition) is 3. The smallest absolute Gasteiger partial charge is 0.0721 e. The van der Waals surface area contributed by atoms with E-state index in [-0.39, 0.29) is 0 Å². The zero-order valence-electron chi connectivity index (χ0n) is 11.6. The monoisotopic (exact) mass is 299 g/mol. The minimum atomic E-state index is 1.16. The van der Waals surface area contributed by atoms with Crippen molar-refractivity contribution in [3.63, 3.8) is 0 Å². The van der Waals surface area contributed by atoms with Gasteiger partial charge in [-0.1, -0.05) is 30.0 Å². The zero-order valence-corrected chi connectivity index (χ0v) is 13.2. The summed E-state index contributed by atoms with van der Waals surface area (Å²) in [5, 5.41) is 2.24. The molecule has 0 fully saturated rings. The Kier molecular flexibility index (Phi) is 3.21. The highest BCUT2D eigenvalue weighted by Gasteiger charge is 2.24. The van der Waals surface area contributed by atoms with Crippen molar-refractivity contribution in [1.29, 1.82) is 0 Å². The van der Waals surface area contributed by atoms with Gasteiger partial charge in [0.05, 0.1) is 4.21 Å². The lowest BCUT2D eigenvalue weighted by Crippen LogP contribution is -2.19. The summed E-state index contributed by atoms with van der Waals surface area (Å²) >= 11 is 3.83. The summed E-state index contributed by atoms with van der Waals surface area (Å²) in [6.45, 7) is 2.33. The Morgan fingerprint density at radius 1 is 0.950 bits per heavy atom. The van der Waals surface area contributed by atoms with Crippen LogP contribution in [0.25, 0.3) is 11.1 Å². The number of thiophene rings is 1. The largest absolute Gasteiger partial charge is 0.306 e. The molecule has 3 heterocycles. The van der Waals surface area contributed by atoms with Crippen LogP contribution in [0.2, 0.25) is 0 Å². The van der Waals surface area contributed by atoms with E-state index in [0.29, 0.717) is 0 Å². The van der Waals surface area contributed by atoms with Crippen molar-refractivity contribution >= 4 is 34.2 Å². The first-order valence-corrected chi connectivity index (χ1v) is 8.78.